The van der Waals surface area contributed by atoms with Gasteiger partial charge in [-0.1, -0.05) is 60.7 Å². The number of amides is 1. The van der Waals surface area contributed by atoms with E-state index in [4.69, 9.17) is 10.5 Å². The van der Waals surface area contributed by atoms with Crippen LogP contribution in [-0.2, 0) is 17.8 Å². The highest BCUT2D eigenvalue weighted by atomic mass is 16.6. The first-order valence-corrected chi connectivity index (χ1v) is 12.5. The zero-order chi connectivity index (χ0) is 25.5. The number of nitrogens with one attached hydrogen (secondary N) is 1. The van der Waals surface area contributed by atoms with E-state index < -0.39 is 5.60 Å². The van der Waals surface area contributed by atoms with Crippen LogP contribution in [-0.4, -0.2) is 45.7 Å². The second kappa shape index (κ2) is 11.3. The van der Waals surface area contributed by atoms with Gasteiger partial charge < -0.3 is 25.6 Å². The van der Waals surface area contributed by atoms with Gasteiger partial charge in [0.15, 0.2) is 11.6 Å². The van der Waals surface area contributed by atoms with Crippen LogP contribution in [0.3, 0.4) is 0 Å². The Labute approximate surface area is 213 Å². The van der Waals surface area contributed by atoms with Gasteiger partial charge in [0, 0.05) is 32.2 Å². The zero-order valence-electron chi connectivity index (χ0n) is 21.4. The number of hydrogen-bond donors (Lipinski definition) is 2. The lowest BCUT2D eigenvalue weighted by Gasteiger charge is -2.35. The zero-order valence-corrected chi connectivity index (χ0v) is 21.4. The molecule has 1 aliphatic heterocycles. The number of nitrogens with zero attached hydrogens (tertiary/aromatic N) is 4. The minimum absolute atomic E-state index is 0.0213. The molecule has 2 heterocycles. The normalized spacial score (nSPS) is 15.9. The largest absolute Gasteiger partial charge is 0.444 e. The van der Waals surface area contributed by atoms with E-state index in [9.17, 15) is 4.79 Å². The van der Waals surface area contributed by atoms with E-state index in [-0.39, 0.29) is 12.1 Å². The number of anilines is 3. The summed E-state index contributed by atoms with van der Waals surface area (Å²) in [4.78, 5) is 25.5. The molecule has 1 aromatic heterocycles. The number of carbonyl (C=O) groups is 1. The number of benzene rings is 2. The third kappa shape index (κ3) is 6.87. The molecule has 0 bridgehead atoms. The van der Waals surface area contributed by atoms with E-state index in [2.05, 4.69) is 44.5 Å². The van der Waals surface area contributed by atoms with Crippen LogP contribution in [0.2, 0.25) is 0 Å². The maximum Gasteiger partial charge on any atom is 0.410 e. The number of nitrogen functional groups attached to an aromatic ring is 1. The molecule has 3 aromatic rings. The van der Waals surface area contributed by atoms with E-state index in [0.29, 0.717) is 43.5 Å². The molecule has 0 aliphatic carbocycles. The maximum absolute atomic E-state index is 12.6. The summed E-state index contributed by atoms with van der Waals surface area (Å²) >= 11 is 0. The summed E-state index contributed by atoms with van der Waals surface area (Å²) in [5, 5.41) is 3.47. The van der Waals surface area contributed by atoms with Crippen molar-refractivity contribution in [3.8, 4) is 0 Å². The topological polar surface area (TPSA) is 96.6 Å². The van der Waals surface area contributed by atoms with E-state index >= 15 is 0 Å². The van der Waals surface area contributed by atoms with Crippen molar-refractivity contribution in [2.75, 3.05) is 29.0 Å². The van der Waals surface area contributed by atoms with Crippen LogP contribution in [0.15, 0.2) is 67.0 Å². The lowest BCUT2D eigenvalue weighted by atomic mass is 10.1. The van der Waals surface area contributed by atoms with Gasteiger partial charge >= 0.3 is 6.09 Å². The van der Waals surface area contributed by atoms with Crippen molar-refractivity contribution in [3.63, 3.8) is 0 Å². The Balaban J connectivity index is 1.53. The summed E-state index contributed by atoms with van der Waals surface area (Å²) in [5.74, 6) is 1.27. The molecule has 1 saturated heterocycles. The van der Waals surface area contributed by atoms with Gasteiger partial charge in [-0.15, -0.1) is 0 Å². The fraction of sp³-hybridized carbons (Fsp3) is 0.393. The maximum atomic E-state index is 12.6. The van der Waals surface area contributed by atoms with Gasteiger partial charge in [-0.25, -0.2) is 14.8 Å². The van der Waals surface area contributed by atoms with Gasteiger partial charge in [-0.2, -0.15) is 0 Å². The summed E-state index contributed by atoms with van der Waals surface area (Å²) in [6, 6.07) is 20.6. The average molecular weight is 489 g/mol. The third-order valence-corrected chi connectivity index (χ3v) is 6.01. The van der Waals surface area contributed by atoms with E-state index in [1.54, 1.807) is 11.2 Å². The van der Waals surface area contributed by atoms with Gasteiger partial charge in [0.05, 0.1) is 0 Å². The Kier molecular flexibility index (Phi) is 7.93. The van der Waals surface area contributed by atoms with Crippen molar-refractivity contribution in [1.29, 1.82) is 0 Å². The number of rotatable bonds is 7. The molecule has 0 saturated carbocycles. The fourth-order valence-electron chi connectivity index (χ4n) is 4.35. The van der Waals surface area contributed by atoms with E-state index in [1.807, 2.05) is 57.2 Å². The van der Waals surface area contributed by atoms with Crippen LogP contribution in [0.4, 0.5) is 22.1 Å². The molecule has 190 valence electrons. The number of piperidine rings is 1. The van der Waals surface area contributed by atoms with Gasteiger partial charge in [0.1, 0.15) is 17.6 Å². The van der Waals surface area contributed by atoms with Crippen molar-refractivity contribution < 1.29 is 9.53 Å². The minimum Gasteiger partial charge on any atom is -0.444 e. The number of nitrogens with two attached hydrogens (primary N) is 1. The predicted octanol–water partition coefficient (Wildman–Crippen LogP) is 5.08. The molecule has 4 rings (SSSR count). The highest BCUT2D eigenvalue weighted by molar-refractivity contribution is 5.75. The number of carbonyl (C=O) groups excluding carboxylic acids is 1. The summed E-state index contributed by atoms with van der Waals surface area (Å²) in [6.07, 6.45) is 3.05. The Bertz CT molecular complexity index is 1090. The van der Waals surface area contributed by atoms with Crippen LogP contribution in [0, 0.1) is 0 Å². The molecule has 1 atom stereocenters. The van der Waals surface area contributed by atoms with Crippen molar-refractivity contribution in [1.82, 2.24) is 14.9 Å². The molecule has 8 heteroatoms. The van der Waals surface area contributed by atoms with Crippen LogP contribution in [0.25, 0.3) is 0 Å². The molecule has 2 aromatic carbocycles. The highest BCUT2D eigenvalue weighted by Gasteiger charge is 2.28. The van der Waals surface area contributed by atoms with Gasteiger partial charge in [0.25, 0.3) is 0 Å². The number of aromatic nitrogens is 2. The van der Waals surface area contributed by atoms with Crippen molar-refractivity contribution in [2.24, 2.45) is 0 Å². The Morgan fingerprint density at radius 2 is 1.67 bits per heavy atom. The molecule has 0 spiro atoms. The lowest BCUT2D eigenvalue weighted by molar-refractivity contribution is 0.0206. The molecule has 1 aliphatic rings. The Morgan fingerprint density at radius 1 is 1.06 bits per heavy atom. The van der Waals surface area contributed by atoms with Crippen LogP contribution < -0.4 is 16.0 Å². The van der Waals surface area contributed by atoms with Crippen LogP contribution >= 0.6 is 0 Å². The number of ether oxygens (including phenoxy) is 1. The minimum atomic E-state index is -0.523. The number of likely N-dealkylation sites (tertiary alicyclic amines) is 1. The lowest BCUT2D eigenvalue weighted by Crippen LogP contribution is -2.47. The summed E-state index contributed by atoms with van der Waals surface area (Å²) in [7, 11) is 0. The molecule has 8 nitrogen and oxygen atoms in total. The van der Waals surface area contributed by atoms with Crippen molar-refractivity contribution in [3.05, 3.63) is 78.1 Å². The van der Waals surface area contributed by atoms with Gasteiger partial charge in [-0.3, -0.25) is 0 Å². The van der Waals surface area contributed by atoms with Crippen LogP contribution in [0.5, 0.6) is 0 Å². The van der Waals surface area contributed by atoms with Crippen molar-refractivity contribution in [2.45, 2.75) is 58.3 Å². The summed E-state index contributed by atoms with van der Waals surface area (Å²) < 4.78 is 5.57. The standard InChI is InChI=1S/C28H36N6O2/c1-28(2,3)36-27(35)33-16-10-15-23(19-33)32-25-24(29)26(31-20-30-25)34(17-21-11-6-4-7-12-21)18-22-13-8-5-9-14-22/h4-9,11-14,20,23H,10,15-19,29H2,1-3H3,(H,30,31,32). The van der Waals surface area contributed by atoms with Gasteiger partial charge in [-0.05, 0) is 44.7 Å². The van der Waals surface area contributed by atoms with E-state index in [0.717, 1.165) is 12.8 Å². The summed E-state index contributed by atoms with van der Waals surface area (Å²) in [5.41, 5.74) is 8.96. The quantitative estimate of drug-likeness (QED) is 0.479. The Morgan fingerprint density at radius 3 is 2.25 bits per heavy atom. The molecular weight excluding hydrogens is 452 g/mol. The molecule has 3 N–H and O–H groups in total. The first-order chi connectivity index (χ1) is 17.3. The SMILES string of the molecule is CC(C)(C)OC(=O)N1CCCC(Nc2ncnc(N(Cc3ccccc3)Cc3ccccc3)c2N)C1. The number of hydrogen-bond acceptors (Lipinski definition) is 7. The monoisotopic (exact) mass is 488 g/mol. The van der Waals surface area contributed by atoms with Crippen molar-refractivity contribution >= 4 is 23.4 Å². The summed E-state index contributed by atoms with van der Waals surface area (Å²) in [6.45, 7) is 8.17. The third-order valence-electron chi connectivity index (χ3n) is 6.01. The molecule has 1 unspecified atom stereocenters. The molecular formula is C28H36N6O2. The Hall–Kier alpha value is -3.81. The first-order valence-electron chi connectivity index (χ1n) is 12.5. The average Bonchev–Trinajstić information content (AvgIpc) is 2.85. The molecule has 0 radical (unpaired) electrons. The molecule has 36 heavy (non-hydrogen) atoms. The molecule has 1 amide bonds. The second-order valence-corrected chi connectivity index (χ2v) is 10.2. The van der Waals surface area contributed by atoms with E-state index in [1.165, 1.54) is 11.1 Å². The highest BCUT2D eigenvalue weighted by Crippen LogP contribution is 2.30. The second-order valence-electron chi connectivity index (χ2n) is 10.2. The first kappa shape index (κ1) is 25.3. The van der Waals surface area contributed by atoms with Crippen LogP contribution in [0.1, 0.15) is 44.7 Å². The van der Waals surface area contributed by atoms with Gasteiger partial charge in [0.2, 0.25) is 0 Å². The smallest absolute Gasteiger partial charge is 0.410 e. The molecule has 1 fully saturated rings. The fourth-order valence-corrected chi connectivity index (χ4v) is 4.35. The predicted molar refractivity (Wildman–Crippen MR) is 144 cm³/mol.